The molecule has 0 saturated heterocycles. The van der Waals surface area contributed by atoms with Gasteiger partial charge in [0.15, 0.2) is 6.10 Å². The van der Waals surface area contributed by atoms with Crippen LogP contribution in [-0.4, -0.2) is 16.2 Å². The highest BCUT2D eigenvalue weighted by Crippen LogP contribution is 2.22. The van der Waals surface area contributed by atoms with Gasteiger partial charge in [0, 0.05) is 12.1 Å². The lowest BCUT2D eigenvalue weighted by Crippen LogP contribution is -2.13. The molecule has 0 spiro atoms. The molecular formula is C11H12N2O3. The van der Waals surface area contributed by atoms with Gasteiger partial charge in [-0.2, -0.15) is 5.26 Å². The van der Waals surface area contributed by atoms with E-state index in [1.165, 1.54) is 6.07 Å². The first-order chi connectivity index (χ1) is 7.56. The Hall–Kier alpha value is -2.06. The predicted molar refractivity (Wildman–Crippen MR) is 57.4 cm³/mol. The highest BCUT2D eigenvalue weighted by Gasteiger charge is 2.19. The third-order valence-electron chi connectivity index (χ3n) is 2.20. The topological polar surface area (TPSA) is 107 Å². The Bertz CT molecular complexity index is 437. The molecule has 1 unspecified atom stereocenters. The van der Waals surface area contributed by atoms with Crippen molar-refractivity contribution in [3.05, 3.63) is 29.3 Å². The van der Waals surface area contributed by atoms with Crippen LogP contribution in [0.1, 0.15) is 23.7 Å². The van der Waals surface area contributed by atoms with Crippen LogP contribution >= 0.6 is 0 Å². The first-order valence-electron chi connectivity index (χ1n) is 4.72. The van der Waals surface area contributed by atoms with Crippen molar-refractivity contribution >= 4 is 11.7 Å². The number of aryl methyl sites for hydroxylation is 1. The van der Waals surface area contributed by atoms with Crippen molar-refractivity contribution in [1.82, 2.24) is 0 Å². The van der Waals surface area contributed by atoms with Crippen molar-refractivity contribution in [2.45, 2.75) is 18.9 Å². The first kappa shape index (κ1) is 12.0. The molecule has 1 atom stereocenters. The molecule has 4 N–H and O–H groups in total. The highest BCUT2D eigenvalue weighted by molar-refractivity contribution is 5.75. The number of aliphatic carboxylic acids is 1. The second-order valence-corrected chi connectivity index (χ2v) is 3.36. The van der Waals surface area contributed by atoms with Crippen LogP contribution in [0.15, 0.2) is 18.2 Å². The van der Waals surface area contributed by atoms with Gasteiger partial charge < -0.3 is 15.9 Å². The normalized spacial score (nSPS) is 11.8. The molecule has 0 bridgehead atoms. The molecule has 1 aromatic carbocycles. The summed E-state index contributed by atoms with van der Waals surface area (Å²) in [7, 11) is 0. The molecule has 0 heterocycles. The fourth-order valence-electron chi connectivity index (χ4n) is 1.42. The summed E-state index contributed by atoms with van der Waals surface area (Å²) in [6.45, 7) is 0. The smallest absolute Gasteiger partial charge is 0.337 e. The molecule has 1 rings (SSSR count). The highest BCUT2D eigenvalue weighted by atomic mass is 16.4. The lowest BCUT2D eigenvalue weighted by molar-refractivity contribution is -0.147. The summed E-state index contributed by atoms with van der Waals surface area (Å²) in [6, 6.07) is 6.64. The van der Waals surface area contributed by atoms with E-state index >= 15 is 0 Å². The van der Waals surface area contributed by atoms with Crippen molar-refractivity contribution < 1.29 is 15.0 Å². The summed E-state index contributed by atoms with van der Waals surface area (Å²) < 4.78 is 0. The van der Waals surface area contributed by atoms with Gasteiger partial charge in [0.05, 0.1) is 6.07 Å². The van der Waals surface area contributed by atoms with Crippen molar-refractivity contribution in [2.75, 3.05) is 5.73 Å². The van der Waals surface area contributed by atoms with Crippen LogP contribution in [0.5, 0.6) is 0 Å². The van der Waals surface area contributed by atoms with Gasteiger partial charge in [-0.25, -0.2) is 4.79 Å². The van der Waals surface area contributed by atoms with E-state index in [0.717, 1.165) is 0 Å². The van der Waals surface area contributed by atoms with Crippen LogP contribution in [0.3, 0.4) is 0 Å². The number of nitrogens with zero attached hydrogens (tertiary/aromatic N) is 1. The van der Waals surface area contributed by atoms with E-state index < -0.39 is 12.1 Å². The van der Waals surface area contributed by atoms with Crippen LogP contribution in [0.2, 0.25) is 0 Å². The van der Waals surface area contributed by atoms with E-state index in [2.05, 4.69) is 0 Å². The largest absolute Gasteiger partial charge is 0.479 e. The molecule has 0 aromatic heterocycles. The lowest BCUT2D eigenvalue weighted by Gasteiger charge is -2.12. The van der Waals surface area contributed by atoms with Crippen LogP contribution < -0.4 is 5.73 Å². The third kappa shape index (κ3) is 2.72. The van der Waals surface area contributed by atoms with Gasteiger partial charge in [-0.3, -0.25) is 0 Å². The molecule has 0 aliphatic rings. The standard InChI is InChI=1S/C11H12N2O3/c12-5-1-2-7-3-4-8(13)6-9(7)10(14)11(15)16/h3-4,6,10,14H,1-2,13H2,(H,15,16). The SMILES string of the molecule is N#CCCc1ccc(N)cc1C(O)C(=O)O. The van der Waals surface area contributed by atoms with E-state index in [1.807, 2.05) is 6.07 Å². The Labute approximate surface area is 92.7 Å². The van der Waals surface area contributed by atoms with E-state index in [-0.39, 0.29) is 12.0 Å². The van der Waals surface area contributed by atoms with Gasteiger partial charge in [0.1, 0.15) is 0 Å². The number of carboxylic acids is 1. The van der Waals surface area contributed by atoms with E-state index in [1.54, 1.807) is 12.1 Å². The number of nitrogen functional groups attached to an aromatic ring is 1. The summed E-state index contributed by atoms with van der Waals surface area (Å²) in [6.07, 6.45) is -0.933. The number of hydrogen-bond acceptors (Lipinski definition) is 4. The molecule has 1 aromatic rings. The van der Waals surface area contributed by atoms with Crippen LogP contribution in [0.4, 0.5) is 5.69 Å². The van der Waals surface area contributed by atoms with E-state index in [9.17, 15) is 9.90 Å². The fourth-order valence-corrected chi connectivity index (χ4v) is 1.42. The second-order valence-electron chi connectivity index (χ2n) is 3.36. The number of rotatable bonds is 4. The molecule has 16 heavy (non-hydrogen) atoms. The molecule has 0 saturated carbocycles. The molecule has 0 amide bonds. The molecular weight excluding hydrogens is 208 g/mol. The number of benzene rings is 1. The van der Waals surface area contributed by atoms with E-state index in [0.29, 0.717) is 17.7 Å². The average molecular weight is 220 g/mol. The van der Waals surface area contributed by atoms with E-state index in [4.69, 9.17) is 16.1 Å². The first-order valence-corrected chi connectivity index (χ1v) is 4.72. The minimum Gasteiger partial charge on any atom is -0.479 e. The minimum absolute atomic E-state index is 0.253. The summed E-state index contributed by atoms with van der Waals surface area (Å²) in [4.78, 5) is 10.7. The van der Waals surface area contributed by atoms with Crippen LogP contribution in [0.25, 0.3) is 0 Å². The van der Waals surface area contributed by atoms with Crippen molar-refractivity contribution in [3.63, 3.8) is 0 Å². The summed E-state index contributed by atoms with van der Waals surface area (Å²) in [5, 5.41) is 26.7. The zero-order valence-corrected chi connectivity index (χ0v) is 8.55. The maximum Gasteiger partial charge on any atom is 0.337 e. The molecule has 0 radical (unpaired) electrons. The lowest BCUT2D eigenvalue weighted by atomic mass is 9.98. The number of hydrogen-bond donors (Lipinski definition) is 3. The zero-order chi connectivity index (χ0) is 12.1. The number of aliphatic hydroxyl groups excluding tert-OH is 1. The van der Waals surface area contributed by atoms with Gasteiger partial charge in [-0.05, 0) is 29.7 Å². The number of nitrogens with two attached hydrogens (primary N) is 1. The molecule has 0 aliphatic carbocycles. The summed E-state index contributed by atoms with van der Waals surface area (Å²) in [5.74, 6) is -1.33. The monoisotopic (exact) mass is 220 g/mol. The van der Waals surface area contributed by atoms with Crippen LogP contribution in [-0.2, 0) is 11.2 Å². The van der Waals surface area contributed by atoms with Crippen molar-refractivity contribution in [3.8, 4) is 6.07 Å². The van der Waals surface area contributed by atoms with Gasteiger partial charge >= 0.3 is 5.97 Å². The molecule has 5 heteroatoms. The van der Waals surface area contributed by atoms with Gasteiger partial charge in [-0.15, -0.1) is 0 Å². The fraction of sp³-hybridized carbons (Fsp3) is 0.273. The maximum absolute atomic E-state index is 10.7. The Morgan fingerprint density at radius 2 is 2.25 bits per heavy atom. The number of aliphatic hydroxyl groups is 1. The minimum atomic E-state index is -1.60. The number of carbonyl (C=O) groups is 1. The van der Waals surface area contributed by atoms with Gasteiger partial charge in [0.25, 0.3) is 0 Å². The van der Waals surface area contributed by atoms with Gasteiger partial charge in [0.2, 0.25) is 0 Å². The van der Waals surface area contributed by atoms with Crippen LogP contribution in [0, 0.1) is 11.3 Å². The quantitative estimate of drug-likeness (QED) is 0.652. The predicted octanol–water partition coefficient (Wildman–Crippen LogP) is 0.843. The van der Waals surface area contributed by atoms with Crippen molar-refractivity contribution in [2.24, 2.45) is 0 Å². The zero-order valence-electron chi connectivity index (χ0n) is 8.55. The number of carboxylic acid groups (broad SMARTS) is 1. The maximum atomic E-state index is 10.7. The third-order valence-corrected chi connectivity index (χ3v) is 2.20. The molecule has 5 nitrogen and oxygen atoms in total. The molecule has 0 fully saturated rings. The number of nitriles is 1. The Kier molecular flexibility index (Phi) is 3.86. The molecule has 84 valence electrons. The van der Waals surface area contributed by atoms with Crippen molar-refractivity contribution in [1.29, 1.82) is 5.26 Å². The summed E-state index contributed by atoms with van der Waals surface area (Å²) in [5.41, 5.74) is 6.79. The molecule has 0 aliphatic heterocycles. The Morgan fingerprint density at radius 1 is 1.56 bits per heavy atom. The second kappa shape index (κ2) is 5.14. The summed E-state index contributed by atoms with van der Waals surface area (Å²) >= 11 is 0. The Morgan fingerprint density at radius 3 is 2.81 bits per heavy atom. The average Bonchev–Trinajstić information content (AvgIpc) is 2.26. The number of anilines is 1. The van der Waals surface area contributed by atoms with Gasteiger partial charge in [-0.1, -0.05) is 6.07 Å². The Balaban J connectivity index is 3.08.